The summed E-state index contributed by atoms with van der Waals surface area (Å²) in [5.74, 6) is -0.403. The van der Waals surface area contributed by atoms with Crippen LogP contribution in [-0.2, 0) is 9.53 Å². The third-order valence-corrected chi connectivity index (χ3v) is 4.91. The van der Waals surface area contributed by atoms with Crippen molar-refractivity contribution in [1.29, 1.82) is 5.26 Å². The summed E-state index contributed by atoms with van der Waals surface area (Å²) in [5, 5.41) is 12.2. The molecular formula is C20H19N3O2S. The van der Waals surface area contributed by atoms with Crippen molar-refractivity contribution in [1.82, 2.24) is 4.90 Å². The number of ether oxygens (including phenoxy) is 1. The molecule has 6 heteroatoms. The number of amides is 1. The molecule has 0 saturated carbocycles. The van der Waals surface area contributed by atoms with Gasteiger partial charge in [-0.3, -0.25) is 4.79 Å². The lowest BCUT2D eigenvalue weighted by Gasteiger charge is -2.25. The fraction of sp³-hybridized carbons (Fsp3) is 0.200. The Kier molecular flexibility index (Phi) is 6.31. The van der Waals surface area contributed by atoms with Crippen LogP contribution in [0.15, 0.2) is 76.2 Å². The smallest absolute Gasteiger partial charge is 0.267 e. The minimum absolute atomic E-state index is 0.0893. The van der Waals surface area contributed by atoms with Gasteiger partial charge in [0, 0.05) is 29.1 Å². The van der Waals surface area contributed by atoms with Gasteiger partial charge in [0.25, 0.3) is 5.91 Å². The summed E-state index contributed by atoms with van der Waals surface area (Å²) in [7, 11) is 0. The number of morpholine rings is 1. The topological polar surface area (TPSA) is 65.4 Å². The molecule has 0 spiro atoms. The molecule has 0 atom stereocenters. The molecule has 1 saturated heterocycles. The Balaban J connectivity index is 1.74. The molecule has 1 amide bonds. The van der Waals surface area contributed by atoms with E-state index in [1.807, 2.05) is 65.6 Å². The Morgan fingerprint density at radius 3 is 2.54 bits per heavy atom. The maximum atomic E-state index is 12.6. The molecular weight excluding hydrogens is 346 g/mol. The molecule has 1 aliphatic heterocycles. The summed E-state index contributed by atoms with van der Waals surface area (Å²) in [5.41, 5.74) is 0.779. The third kappa shape index (κ3) is 4.88. The zero-order valence-corrected chi connectivity index (χ0v) is 15.0. The van der Waals surface area contributed by atoms with Gasteiger partial charge in [-0.15, -0.1) is 0 Å². The van der Waals surface area contributed by atoms with Crippen LogP contribution in [0.2, 0.25) is 0 Å². The van der Waals surface area contributed by atoms with E-state index >= 15 is 0 Å². The standard InChI is InChI=1S/C20H19N3O2S/c21-14-16(15-23-10-12-25-13-11-23)20(24)22-18-8-4-5-9-19(18)26-17-6-2-1-3-7-17/h1-9,15H,10-13H2,(H,22,24)/b16-15-. The Labute approximate surface area is 157 Å². The molecule has 1 heterocycles. The first-order valence-corrected chi connectivity index (χ1v) is 9.15. The SMILES string of the molecule is N#C/C(=C/N1CCOCC1)C(=O)Nc1ccccc1Sc1ccccc1. The minimum Gasteiger partial charge on any atom is -0.378 e. The lowest BCUT2D eigenvalue weighted by atomic mass is 10.2. The van der Waals surface area contributed by atoms with E-state index in [9.17, 15) is 10.1 Å². The highest BCUT2D eigenvalue weighted by Crippen LogP contribution is 2.33. The van der Waals surface area contributed by atoms with Gasteiger partial charge in [0.2, 0.25) is 0 Å². The summed E-state index contributed by atoms with van der Waals surface area (Å²) in [4.78, 5) is 16.5. The van der Waals surface area contributed by atoms with Crippen molar-refractivity contribution in [3.8, 4) is 6.07 Å². The van der Waals surface area contributed by atoms with Crippen LogP contribution < -0.4 is 5.32 Å². The molecule has 132 valence electrons. The average molecular weight is 365 g/mol. The van der Waals surface area contributed by atoms with Gasteiger partial charge < -0.3 is 15.0 Å². The van der Waals surface area contributed by atoms with Crippen molar-refractivity contribution in [3.05, 3.63) is 66.4 Å². The van der Waals surface area contributed by atoms with Crippen molar-refractivity contribution in [2.24, 2.45) is 0 Å². The van der Waals surface area contributed by atoms with Gasteiger partial charge in [-0.2, -0.15) is 5.26 Å². The van der Waals surface area contributed by atoms with Crippen molar-refractivity contribution < 1.29 is 9.53 Å². The zero-order valence-electron chi connectivity index (χ0n) is 14.2. The van der Waals surface area contributed by atoms with E-state index in [1.54, 1.807) is 18.0 Å². The molecule has 5 nitrogen and oxygen atoms in total. The van der Waals surface area contributed by atoms with Crippen LogP contribution in [0, 0.1) is 11.3 Å². The van der Waals surface area contributed by atoms with Gasteiger partial charge in [-0.05, 0) is 24.3 Å². The predicted molar refractivity (Wildman–Crippen MR) is 102 cm³/mol. The summed E-state index contributed by atoms with van der Waals surface area (Å²) in [6, 6.07) is 19.5. The van der Waals surface area contributed by atoms with E-state index in [-0.39, 0.29) is 5.57 Å². The number of carbonyl (C=O) groups excluding carboxylic acids is 1. The maximum Gasteiger partial charge on any atom is 0.267 e. The number of para-hydroxylation sites is 1. The number of anilines is 1. The van der Waals surface area contributed by atoms with Crippen LogP contribution in [0.25, 0.3) is 0 Å². The van der Waals surface area contributed by atoms with Gasteiger partial charge in [-0.25, -0.2) is 0 Å². The molecule has 0 aliphatic carbocycles. The highest BCUT2D eigenvalue weighted by molar-refractivity contribution is 7.99. The third-order valence-electron chi connectivity index (χ3n) is 3.83. The molecule has 1 fully saturated rings. The average Bonchev–Trinajstić information content (AvgIpc) is 2.69. The van der Waals surface area contributed by atoms with E-state index in [0.717, 1.165) is 9.79 Å². The number of carbonyl (C=O) groups is 1. The molecule has 1 N–H and O–H groups in total. The molecule has 0 bridgehead atoms. The lowest BCUT2D eigenvalue weighted by molar-refractivity contribution is -0.112. The molecule has 2 aromatic carbocycles. The number of rotatable bonds is 5. The predicted octanol–water partition coefficient (Wildman–Crippen LogP) is 3.52. The lowest BCUT2D eigenvalue weighted by Crippen LogP contribution is -2.33. The fourth-order valence-electron chi connectivity index (χ4n) is 2.49. The molecule has 26 heavy (non-hydrogen) atoms. The van der Waals surface area contributed by atoms with E-state index in [1.165, 1.54) is 0 Å². The second-order valence-corrected chi connectivity index (χ2v) is 6.78. The Morgan fingerprint density at radius 2 is 1.81 bits per heavy atom. The molecule has 0 aromatic heterocycles. The summed E-state index contributed by atoms with van der Waals surface area (Å²) in [6.45, 7) is 2.57. The molecule has 3 rings (SSSR count). The maximum absolute atomic E-state index is 12.6. The Bertz CT molecular complexity index is 824. The van der Waals surface area contributed by atoms with Crippen LogP contribution in [0.4, 0.5) is 5.69 Å². The van der Waals surface area contributed by atoms with Gasteiger partial charge in [-0.1, -0.05) is 42.1 Å². The van der Waals surface area contributed by atoms with Crippen LogP contribution in [0.5, 0.6) is 0 Å². The van der Waals surface area contributed by atoms with E-state index in [0.29, 0.717) is 32.0 Å². The quantitative estimate of drug-likeness (QED) is 0.649. The summed E-state index contributed by atoms with van der Waals surface area (Å²) in [6.07, 6.45) is 1.62. The van der Waals surface area contributed by atoms with Gasteiger partial charge in [0.05, 0.1) is 18.9 Å². The normalized spacial score (nSPS) is 14.6. The van der Waals surface area contributed by atoms with E-state index in [2.05, 4.69) is 5.32 Å². The summed E-state index contributed by atoms with van der Waals surface area (Å²) >= 11 is 1.57. The molecule has 0 unspecified atom stereocenters. The van der Waals surface area contributed by atoms with E-state index < -0.39 is 5.91 Å². The molecule has 0 radical (unpaired) electrons. The molecule has 1 aliphatic rings. The molecule has 2 aromatic rings. The summed E-state index contributed by atoms with van der Waals surface area (Å²) < 4.78 is 5.29. The highest BCUT2D eigenvalue weighted by atomic mass is 32.2. The van der Waals surface area contributed by atoms with Crippen LogP contribution in [0.1, 0.15) is 0 Å². The van der Waals surface area contributed by atoms with Crippen LogP contribution >= 0.6 is 11.8 Å². The largest absolute Gasteiger partial charge is 0.378 e. The van der Waals surface area contributed by atoms with Gasteiger partial charge in [0.15, 0.2) is 0 Å². The number of nitrogens with zero attached hydrogens (tertiary/aromatic N) is 2. The van der Waals surface area contributed by atoms with Crippen molar-refractivity contribution in [2.75, 3.05) is 31.6 Å². The number of nitrogens with one attached hydrogen (secondary N) is 1. The second kappa shape index (κ2) is 9.09. The highest BCUT2D eigenvalue weighted by Gasteiger charge is 2.15. The van der Waals surface area contributed by atoms with Gasteiger partial charge >= 0.3 is 0 Å². The number of benzene rings is 2. The Morgan fingerprint density at radius 1 is 1.12 bits per heavy atom. The van der Waals surface area contributed by atoms with E-state index in [4.69, 9.17) is 4.74 Å². The van der Waals surface area contributed by atoms with Crippen molar-refractivity contribution in [3.63, 3.8) is 0 Å². The van der Waals surface area contributed by atoms with Crippen LogP contribution in [0.3, 0.4) is 0 Å². The van der Waals surface area contributed by atoms with Crippen molar-refractivity contribution >= 4 is 23.4 Å². The van der Waals surface area contributed by atoms with Crippen LogP contribution in [-0.4, -0.2) is 37.1 Å². The number of nitriles is 1. The first kappa shape index (κ1) is 18.1. The first-order chi connectivity index (χ1) is 12.8. The fourth-order valence-corrected chi connectivity index (χ4v) is 3.41. The van der Waals surface area contributed by atoms with Gasteiger partial charge in [0.1, 0.15) is 11.6 Å². The Hall–Kier alpha value is -2.75. The first-order valence-electron chi connectivity index (χ1n) is 8.33. The minimum atomic E-state index is -0.403. The van der Waals surface area contributed by atoms with Crippen molar-refractivity contribution in [2.45, 2.75) is 9.79 Å². The second-order valence-electron chi connectivity index (χ2n) is 5.67. The number of hydrogen-bond acceptors (Lipinski definition) is 5. The number of hydrogen-bond donors (Lipinski definition) is 1. The zero-order chi connectivity index (χ0) is 18.2. The monoisotopic (exact) mass is 365 g/mol.